The Labute approximate surface area is 137 Å². The Hall–Kier alpha value is -2.64. The number of benzene rings is 1. The highest BCUT2D eigenvalue weighted by molar-refractivity contribution is 5.98. The third kappa shape index (κ3) is 2.05. The van der Waals surface area contributed by atoms with E-state index < -0.39 is 10.8 Å². The van der Waals surface area contributed by atoms with Crippen LogP contribution in [0, 0.1) is 33.8 Å². The molecule has 1 amide bonds. The topological polar surface area (TPSA) is 108 Å². The highest BCUT2D eigenvalue weighted by Crippen LogP contribution is 2.57. The predicted molar refractivity (Wildman–Crippen MR) is 81.4 cm³/mol. The molecule has 1 aromatic rings. The van der Waals surface area contributed by atoms with Crippen LogP contribution in [-0.2, 0) is 14.3 Å². The van der Waals surface area contributed by atoms with Gasteiger partial charge in [0.05, 0.1) is 35.6 Å². The van der Waals surface area contributed by atoms with Crippen LogP contribution in [0.3, 0.4) is 0 Å². The van der Waals surface area contributed by atoms with Crippen LogP contribution in [0.15, 0.2) is 18.2 Å². The summed E-state index contributed by atoms with van der Waals surface area (Å²) in [4.78, 5) is 35.0. The molecule has 8 nitrogen and oxygen atoms in total. The van der Waals surface area contributed by atoms with Gasteiger partial charge in [-0.3, -0.25) is 19.7 Å². The van der Waals surface area contributed by atoms with Crippen LogP contribution in [-0.4, -0.2) is 30.0 Å². The lowest BCUT2D eigenvalue weighted by Crippen LogP contribution is -2.35. The summed E-state index contributed by atoms with van der Waals surface area (Å²) in [6.45, 7) is 0. The number of amides is 1. The highest BCUT2D eigenvalue weighted by atomic mass is 16.6. The maximum Gasteiger partial charge on any atom is 0.310 e. The van der Waals surface area contributed by atoms with E-state index in [1.165, 1.54) is 25.3 Å². The number of hydrogen-bond acceptors (Lipinski definition) is 6. The van der Waals surface area contributed by atoms with Crippen LogP contribution in [0.2, 0.25) is 0 Å². The molecule has 2 aliphatic carbocycles. The fourth-order valence-electron chi connectivity index (χ4n) is 4.48. The number of nitrogens with one attached hydrogen (secondary N) is 1. The number of ether oxygens (including phenoxy) is 2. The molecule has 0 spiro atoms. The summed E-state index contributed by atoms with van der Waals surface area (Å²) in [7, 11) is 1.38. The molecule has 3 aliphatic rings. The summed E-state index contributed by atoms with van der Waals surface area (Å²) in [5.41, 5.74) is 0.241. The van der Waals surface area contributed by atoms with Crippen LogP contribution in [0.1, 0.15) is 12.8 Å². The van der Waals surface area contributed by atoms with Crippen LogP contribution < -0.4 is 10.1 Å². The van der Waals surface area contributed by atoms with Gasteiger partial charge in [0.1, 0.15) is 11.9 Å². The van der Waals surface area contributed by atoms with Gasteiger partial charge in [-0.25, -0.2) is 0 Å². The number of methoxy groups -OCH3 is 1. The van der Waals surface area contributed by atoms with E-state index >= 15 is 0 Å². The molecule has 24 heavy (non-hydrogen) atoms. The van der Waals surface area contributed by atoms with Crippen LogP contribution >= 0.6 is 0 Å². The van der Waals surface area contributed by atoms with Crippen molar-refractivity contribution in [3.8, 4) is 5.75 Å². The predicted octanol–water partition coefficient (Wildman–Crippen LogP) is 1.74. The first-order valence-corrected chi connectivity index (χ1v) is 7.83. The molecule has 2 bridgehead atoms. The smallest absolute Gasteiger partial charge is 0.310 e. The maximum atomic E-state index is 12.7. The Morgan fingerprint density at radius 3 is 2.92 bits per heavy atom. The van der Waals surface area contributed by atoms with E-state index in [0.717, 1.165) is 12.8 Å². The monoisotopic (exact) mass is 332 g/mol. The Balaban J connectivity index is 1.57. The first kappa shape index (κ1) is 14.9. The van der Waals surface area contributed by atoms with Crippen LogP contribution in [0.5, 0.6) is 5.75 Å². The maximum absolute atomic E-state index is 12.7. The van der Waals surface area contributed by atoms with E-state index in [9.17, 15) is 19.7 Å². The van der Waals surface area contributed by atoms with E-state index in [-0.39, 0.29) is 47.2 Å². The minimum Gasteiger partial charge on any atom is -0.494 e. The molecule has 4 rings (SSSR count). The number of nitro groups is 1. The first-order valence-electron chi connectivity index (χ1n) is 7.83. The van der Waals surface area contributed by atoms with Crippen molar-refractivity contribution in [2.45, 2.75) is 18.9 Å². The second-order valence-electron chi connectivity index (χ2n) is 6.55. The van der Waals surface area contributed by atoms with Gasteiger partial charge in [-0.1, -0.05) is 0 Å². The highest BCUT2D eigenvalue weighted by Gasteiger charge is 2.63. The van der Waals surface area contributed by atoms with Crippen molar-refractivity contribution in [1.29, 1.82) is 0 Å². The third-order valence-electron chi connectivity index (χ3n) is 5.44. The summed E-state index contributed by atoms with van der Waals surface area (Å²) in [6.07, 6.45) is 1.56. The molecular weight excluding hydrogens is 316 g/mol. The van der Waals surface area contributed by atoms with Crippen molar-refractivity contribution in [1.82, 2.24) is 0 Å². The number of nitro benzene ring substituents is 1. The summed E-state index contributed by atoms with van der Waals surface area (Å²) < 4.78 is 10.5. The van der Waals surface area contributed by atoms with Gasteiger partial charge >= 0.3 is 5.97 Å². The average Bonchev–Trinajstić information content (AvgIpc) is 3.16. The molecule has 1 N–H and O–H groups in total. The number of anilines is 1. The molecule has 1 saturated heterocycles. The van der Waals surface area contributed by atoms with Gasteiger partial charge in [0.25, 0.3) is 5.69 Å². The Morgan fingerprint density at radius 2 is 2.21 bits per heavy atom. The van der Waals surface area contributed by atoms with Crippen molar-refractivity contribution < 1.29 is 24.0 Å². The molecule has 3 fully saturated rings. The number of hydrogen-bond donors (Lipinski definition) is 1. The van der Waals surface area contributed by atoms with Crippen LogP contribution in [0.4, 0.5) is 11.4 Å². The van der Waals surface area contributed by atoms with Crippen LogP contribution in [0.25, 0.3) is 0 Å². The van der Waals surface area contributed by atoms with E-state index in [1.54, 1.807) is 0 Å². The molecule has 8 heteroatoms. The number of fused-ring (bicyclic) bond motifs is 1. The molecule has 1 heterocycles. The lowest BCUT2D eigenvalue weighted by Gasteiger charge is -2.23. The van der Waals surface area contributed by atoms with Crippen molar-refractivity contribution in [2.75, 3.05) is 12.4 Å². The average molecular weight is 332 g/mol. The van der Waals surface area contributed by atoms with Crippen molar-refractivity contribution in [3.05, 3.63) is 28.3 Å². The third-order valence-corrected chi connectivity index (χ3v) is 5.44. The summed E-state index contributed by atoms with van der Waals surface area (Å²) in [5.74, 6) is -0.776. The molecule has 5 atom stereocenters. The quantitative estimate of drug-likeness (QED) is 0.511. The Kier molecular flexibility index (Phi) is 3.22. The van der Waals surface area contributed by atoms with Crippen molar-refractivity contribution in [3.63, 3.8) is 0 Å². The molecule has 126 valence electrons. The van der Waals surface area contributed by atoms with E-state index in [0.29, 0.717) is 5.69 Å². The molecule has 0 aromatic heterocycles. The second-order valence-corrected chi connectivity index (χ2v) is 6.55. The molecule has 1 aromatic carbocycles. The van der Waals surface area contributed by atoms with Gasteiger partial charge in [0.2, 0.25) is 5.91 Å². The zero-order valence-electron chi connectivity index (χ0n) is 12.9. The van der Waals surface area contributed by atoms with E-state index in [2.05, 4.69) is 5.32 Å². The number of non-ortho nitro benzene ring substituents is 1. The number of rotatable bonds is 4. The lowest BCUT2D eigenvalue weighted by atomic mass is 9.79. The normalized spacial score (nSPS) is 32.5. The van der Waals surface area contributed by atoms with Gasteiger partial charge in [-0.15, -0.1) is 0 Å². The molecule has 0 radical (unpaired) electrons. The summed E-state index contributed by atoms with van der Waals surface area (Å²) in [6, 6.07) is 4.01. The second kappa shape index (κ2) is 5.19. The molecule has 0 unspecified atom stereocenters. The zero-order chi connectivity index (χ0) is 17.0. The minimum absolute atomic E-state index is 0.0227. The van der Waals surface area contributed by atoms with Gasteiger partial charge in [-0.2, -0.15) is 0 Å². The standard InChI is InChI=1S/C16H16N2O6/c1-23-12-6-8(18(21)22)2-3-10(12)17-15(19)13-7-4-9-11(5-7)24-16(20)14(9)13/h2-3,6-7,9,11,13-14H,4-5H2,1H3,(H,17,19)/t7-,9-,11-,13-,14+/m1/s1. The Morgan fingerprint density at radius 1 is 1.42 bits per heavy atom. The van der Waals surface area contributed by atoms with Gasteiger partial charge in [0.15, 0.2) is 0 Å². The first-order chi connectivity index (χ1) is 11.5. The van der Waals surface area contributed by atoms with Gasteiger partial charge in [-0.05, 0) is 24.8 Å². The molecular formula is C16H16N2O6. The zero-order valence-corrected chi connectivity index (χ0v) is 12.9. The summed E-state index contributed by atoms with van der Waals surface area (Å²) >= 11 is 0. The number of carbonyl (C=O) groups excluding carboxylic acids is 2. The molecule has 2 saturated carbocycles. The van der Waals surface area contributed by atoms with E-state index in [4.69, 9.17) is 9.47 Å². The van der Waals surface area contributed by atoms with Crippen molar-refractivity contribution >= 4 is 23.3 Å². The van der Waals surface area contributed by atoms with Gasteiger partial charge < -0.3 is 14.8 Å². The lowest BCUT2D eigenvalue weighted by molar-refractivity contribution is -0.384. The van der Waals surface area contributed by atoms with E-state index in [1.807, 2.05) is 0 Å². The fourth-order valence-corrected chi connectivity index (χ4v) is 4.48. The number of carbonyl (C=O) groups is 2. The number of esters is 1. The van der Waals surface area contributed by atoms with Gasteiger partial charge in [0, 0.05) is 12.0 Å². The molecule has 1 aliphatic heterocycles. The fraction of sp³-hybridized carbons (Fsp3) is 0.500. The van der Waals surface area contributed by atoms with Crippen molar-refractivity contribution in [2.24, 2.45) is 23.7 Å². The minimum atomic E-state index is -0.529. The summed E-state index contributed by atoms with van der Waals surface area (Å²) in [5, 5.41) is 13.6. The SMILES string of the molecule is COc1cc([N+](=O)[O-])ccc1NC(=O)[C@@H]1[C@@H]2C[C@H]3[C@@H]1C(=O)O[C@@H]3C2. The number of nitrogens with zero attached hydrogens (tertiary/aromatic N) is 1. The Bertz CT molecular complexity index is 746. The largest absolute Gasteiger partial charge is 0.494 e.